The molecule has 1 heterocycles. The number of nitrogen functional groups attached to an aromatic ring is 1. The number of nitrogens with two attached hydrogens (primary N) is 1. The molecule has 0 aliphatic carbocycles. The number of hydrogen-bond acceptors (Lipinski definition) is 5. The van der Waals surface area contributed by atoms with E-state index in [2.05, 4.69) is 9.97 Å². The number of nitrogens with zero attached hydrogens (tertiary/aromatic N) is 3. The summed E-state index contributed by atoms with van der Waals surface area (Å²) in [7, 11) is 1.72. The zero-order valence-electron chi connectivity index (χ0n) is 14.2. The third-order valence-electron chi connectivity index (χ3n) is 3.90. The lowest BCUT2D eigenvalue weighted by Gasteiger charge is -2.22. The standard InChI is InChI=1S/C19H20N4O2/c1-13(18(24)23(2)12-14-10-21-19(20)22-11-14)25-17-8-7-15-5-3-4-6-16(15)9-17/h3-11,13H,12H2,1-2H3,(H2,20,21,22)/t13-/m1/s1. The smallest absolute Gasteiger partial charge is 0.263 e. The van der Waals surface area contributed by atoms with Crippen molar-refractivity contribution in [3.05, 3.63) is 60.4 Å². The molecule has 0 unspecified atom stereocenters. The Morgan fingerprint density at radius 1 is 1.16 bits per heavy atom. The van der Waals surface area contributed by atoms with Gasteiger partial charge in [0.1, 0.15) is 5.75 Å². The van der Waals surface area contributed by atoms with Crippen LogP contribution in [0.25, 0.3) is 10.8 Å². The molecule has 1 atom stereocenters. The number of benzene rings is 2. The fourth-order valence-corrected chi connectivity index (χ4v) is 2.60. The van der Waals surface area contributed by atoms with Crippen molar-refractivity contribution in [1.82, 2.24) is 14.9 Å². The number of carbonyl (C=O) groups excluding carboxylic acids is 1. The maximum atomic E-state index is 12.5. The van der Waals surface area contributed by atoms with Gasteiger partial charge in [0.05, 0.1) is 0 Å². The molecule has 0 aliphatic rings. The zero-order chi connectivity index (χ0) is 17.8. The predicted molar refractivity (Wildman–Crippen MR) is 97.0 cm³/mol. The van der Waals surface area contributed by atoms with Crippen LogP contribution in [0.1, 0.15) is 12.5 Å². The maximum absolute atomic E-state index is 12.5. The molecule has 3 rings (SSSR count). The Bertz CT molecular complexity index is 880. The Morgan fingerprint density at radius 3 is 2.56 bits per heavy atom. The summed E-state index contributed by atoms with van der Waals surface area (Å²) in [6, 6.07) is 13.8. The van der Waals surface area contributed by atoms with Crippen LogP contribution in [0.15, 0.2) is 54.9 Å². The number of ether oxygens (including phenoxy) is 1. The van der Waals surface area contributed by atoms with Gasteiger partial charge < -0.3 is 15.4 Å². The fraction of sp³-hybridized carbons (Fsp3) is 0.211. The number of carbonyl (C=O) groups is 1. The second kappa shape index (κ2) is 7.17. The first-order valence-electron chi connectivity index (χ1n) is 8.00. The van der Waals surface area contributed by atoms with E-state index in [4.69, 9.17) is 10.5 Å². The van der Waals surface area contributed by atoms with E-state index in [1.807, 2.05) is 42.5 Å². The van der Waals surface area contributed by atoms with Gasteiger partial charge in [-0.1, -0.05) is 30.3 Å². The normalized spacial score (nSPS) is 11.9. The molecule has 0 spiro atoms. The molecule has 0 aliphatic heterocycles. The second-order valence-electron chi connectivity index (χ2n) is 5.91. The van der Waals surface area contributed by atoms with Gasteiger partial charge in [-0.2, -0.15) is 0 Å². The van der Waals surface area contributed by atoms with Gasteiger partial charge in [0.15, 0.2) is 6.10 Å². The van der Waals surface area contributed by atoms with E-state index in [9.17, 15) is 4.79 Å². The molecular weight excluding hydrogens is 316 g/mol. The minimum absolute atomic E-state index is 0.120. The van der Waals surface area contributed by atoms with Gasteiger partial charge in [-0.05, 0) is 29.8 Å². The molecule has 0 bridgehead atoms. The van der Waals surface area contributed by atoms with Crippen LogP contribution in [0.4, 0.5) is 5.95 Å². The van der Waals surface area contributed by atoms with Crippen LogP contribution in [0.3, 0.4) is 0 Å². The molecule has 2 aromatic carbocycles. The summed E-state index contributed by atoms with van der Waals surface area (Å²) in [5.74, 6) is 0.763. The molecule has 0 radical (unpaired) electrons. The molecular formula is C19H20N4O2. The summed E-state index contributed by atoms with van der Waals surface area (Å²) in [6.07, 6.45) is 2.63. The Balaban J connectivity index is 1.65. The third-order valence-corrected chi connectivity index (χ3v) is 3.90. The van der Waals surface area contributed by atoms with Crippen molar-refractivity contribution >= 4 is 22.6 Å². The number of likely N-dealkylation sites (N-methyl/N-ethyl adjacent to an activating group) is 1. The molecule has 25 heavy (non-hydrogen) atoms. The van der Waals surface area contributed by atoms with Crippen molar-refractivity contribution in [1.29, 1.82) is 0 Å². The van der Waals surface area contributed by atoms with Gasteiger partial charge in [0.2, 0.25) is 5.95 Å². The summed E-state index contributed by atoms with van der Waals surface area (Å²) in [5, 5.41) is 2.21. The molecule has 128 valence electrons. The first-order valence-corrected chi connectivity index (χ1v) is 8.00. The lowest BCUT2D eigenvalue weighted by atomic mass is 10.1. The highest BCUT2D eigenvalue weighted by Gasteiger charge is 2.19. The average Bonchev–Trinajstić information content (AvgIpc) is 2.62. The van der Waals surface area contributed by atoms with Gasteiger partial charge >= 0.3 is 0 Å². The highest BCUT2D eigenvalue weighted by Crippen LogP contribution is 2.21. The fourth-order valence-electron chi connectivity index (χ4n) is 2.60. The molecule has 2 N–H and O–H groups in total. The first-order chi connectivity index (χ1) is 12.0. The number of aromatic nitrogens is 2. The van der Waals surface area contributed by atoms with E-state index >= 15 is 0 Å². The Morgan fingerprint density at radius 2 is 1.84 bits per heavy atom. The number of rotatable bonds is 5. The molecule has 3 aromatic rings. The van der Waals surface area contributed by atoms with Crippen LogP contribution in [-0.4, -0.2) is 33.9 Å². The topological polar surface area (TPSA) is 81.3 Å². The monoisotopic (exact) mass is 336 g/mol. The van der Waals surface area contributed by atoms with Crippen molar-refractivity contribution < 1.29 is 9.53 Å². The predicted octanol–water partition coefficient (Wildman–Crippen LogP) is 2.64. The quantitative estimate of drug-likeness (QED) is 0.774. The Labute approximate surface area is 146 Å². The highest BCUT2D eigenvalue weighted by atomic mass is 16.5. The molecule has 0 saturated carbocycles. The van der Waals surface area contributed by atoms with Crippen LogP contribution in [0.2, 0.25) is 0 Å². The Kier molecular flexibility index (Phi) is 4.79. The van der Waals surface area contributed by atoms with Gasteiger partial charge in [-0.25, -0.2) is 9.97 Å². The Hall–Kier alpha value is -3.15. The SMILES string of the molecule is C[C@@H](Oc1ccc2ccccc2c1)C(=O)N(C)Cc1cnc(N)nc1. The van der Waals surface area contributed by atoms with E-state index in [0.29, 0.717) is 12.3 Å². The minimum Gasteiger partial charge on any atom is -0.481 e. The third kappa shape index (κ3) is 4.03. The van der Waals surface area contributed by atoms with E-state index in [0.717, 1.165) is 16.3 Å². The molecule has 6 nitrogen and oxygen atoms in total. The summed E-state index contributed by atoms with van der Waals surface area (Å²) in [6.45, 7) is 2.14. The van der Waals surface area contributed by atoms with Crippen molar-refractivity contribution in [3.63, 3.8) is 0 Å². The van der Waals surface area contributed by atoms with Gasteiger partial charge in [-0.3, -0.25) is 4.79 Å². The van der Waals surface area contributed by atoms with Crippen LogP contribution in [-0.2, 0) is 11.3 Å². The number of amides is 1. The van der Waals surface area contributed by atoms with Crippen LogP contribution in [0, 0.1) is 0 Å². The van der Waals surface area contributed by atoms with Crippen molar-refractivity contribution in [2.75, 3.05) is 12.8 Å². The maximum Gasteiger partial charge on any atom is 0.263 e. The molecule has 0 fully saturated rings. The van der Waals surface area contributed by atoms with Gasteiger partial charge in [0, 0.05) is 31.5 Å². The highest BCUT2D eigenvalue weighted by molar-refractivity contribution is 5.84. The molecule has 1 amide bonds. The van der Waals surface area contributed by atoms with E-state index in [1.165, 1.54) is 0 Å². The summed E-state index contributed by atoms with van der Waals surface area (Å²) >= 11 is 0. The number of fused-ring (bicyclic) bond motifs is 1. The van der Waals surface area contributed by atoms with E-state index in [-0.39, 0.29) is 11.9 Å². The number of hydrogen-bond donors (Lipinski definition) is 1. The zero-order valence-corrected chi connectivity index (χ0v) is 14.2. The average molecular weight is 336 g/mol. The lowest BCUT2D eigenvalue weighted by Crippen LogP contribution is -2.37. The van der Waals surface area contributed by atoms with Crippen molar-refractivity contribution in [2.45, 2.75) is 19.6 Å². The van der Waals surface area contributed by atoms with Gasteiger partial charge in [-0.15, -0.1) is 0 Å². The first kappa shape index (κ1) is 16.7. The van der Waals surface area contributed by atoms with Gasteiger partial charge in [0.25, 0.3) is 5.91 Å². The van der Waals surface area contributed by atoms with Crippen molar-refractivity contribution in [2.24, 2.45) is 0 Å². The van der Waals surface area contributed by atoms with E-state index in [1.54, 1.807) is 31.3 Å². The molecule has 0 saturated heterocycles. The van der Waals surface area contributed by atoms with Crippen molar-refractivity contribution in [3.8, 4) is 5.75 Å². The van der Waals surface area contributed by atoms with Crippen LogP contribution >= 0.6 is 0 Å². The largest absolute Gasteiger partial charge is 0.481 e. The van der Waals surface area contributed by atoms with Crippen LogP contribution < -0.4 is 10.5 Å². The summed E-state index contributed by atoms with van der Waals surface area (Å²) in [4.78, 5) is 22.0. The van der Waals surface area contributed by atoms with Crippen LogP contribution in [0.5, 0.6) is 5.75 Å². The summed E-state index contributed by atoms with van der Waals surface area (Å²) in [5.41, 5.74) is 6.28. The molecule has 1 aromatic heterocycles. The minimum atomic E-state index is -0.596. The summed E-state index contributed by atoms with van der Waals surface area (Å²) < 4.78 is 5.82. The number of anilines is 1. The molecule has 6 heteroatoms. The second-order valence-corrected chi connectivity index (χ2v) is 5.91. The lowest BCUT2D eigenvalue weighted by molar-refractivity contribution is -0.137. The van der Waals surface area contributed by atoms with E-state index < -0.39 is 6.10 Å².